The third-order valence-corrected chi connectivity index (χ3v) is 3.88. The number of carboxylic acids is 1. The van der Waals surface area contributed by atoms with Crippen molar-refractivity contribution in [2.24, 2.45) is 0 Å². The first-order chi connectivity index (χ1) is 8.54. The van der Waals surface area contributed by atoms with Crippen molar-refractivity contribution in [1.82, 2.24) is 0 Å². The molecule has 1 rings (SSSR count). The van der Waals surface area contributed by atoms with Crippen LogP contribution in [0, 0.1) is 10.1 Å². The third kappa shape index (κ3) is 4.37. The van der Waals surface area contributed by atoms with Gasteiger partial charge in [-0.05, 0) is 24.2 Å². The molecule has 0 amide bonds. The summed E-state index contributed by atoms with van der Waals surface area (Å²) in [4.78, 5) is 20.8. The molecule has 1 unspecified atom stereocenters. The van der Waals surface area contributed by atoms with Gasteiger partial charge in [0.2, 0.25) is 0 Å². The highest BCUT2D eigenvalue weighted by atomic mass is 32.2. The zero-order valence-corrected chi connectivity index (χ0v) is 10.9. The highest BCUT2D eigenvalue weighted by Crippen LogP contribution is 2.18. The maximum Gasteiger partial charge on any atom is 0.316 e. The average molecular weight is 269 g/mol. The molecule has 98 valence electrons. The molecule has 0 bridgehead atoms. The molecule has 0 spiro atoms. The third-order valence-electron chi connectivity index (χ3n) is 2.50. The minimum Gasteiger partial charge on any atom is -0.480 e. The summed E-state index contributed by atoms with van der Waals surface area (Å²) in [5.41, 5.74) is 1.05. The van der Waals surface area contributed by atoms with Crippen LogP contribution in [0.1, 0.15) is 18.9 Å². The fraction of sp³-hybridized carbons (Fsp3) is 0.417. The van der Waals surface area contributed by atoms with Crippen LogP contribution in [0.3, 0.4) is 0 Å². The Morgan fingerprint density at radius 2 is 2.06 bits per heavy atom. The molecule has 5 nitrogen and oxygen atoms in total. The zero-order valence-electron chi connectivity index (χ0n) is 10.0. The van der Waals surface area contributed by atoms with Crippen molar-refractivity contribution in [3.8, 4) is 0 Å². The lowest BCUT2D eigenvalue weighted by atomic mass is 10.1. The van der Waals surface area contributed by atoms with Crippen molar-refractivity contribution in [2.45, 2.75) is 25.0 Å². The molecule has 0 saturated carbocycles. The number of rotatable bonds is 7. The van der Waals surface area contributed by atoms with Crippen LogP contribution in [0.5, 0.6) is 0 Å². The summed E-state index contributed by atoms with van der Waals surface area (Å²) in [6, 6.07) is 6.35. The van der Waals surface area contributed by atoms with E-state index in [1.807, 2.05) is 6.92 Å². The number of benzene rings is 1. The Bertz CT molecular complexity index is 419. The van der Waals surface area contributed by atoms with Gasteiger partial charge in [-0.1, -0.05) is 19.1 Å². The first-order valence-electron chi connectivity index (χ1n) is 5.62. The van der Waals surface area contributed by atoms with Gasteiger partial charge in [0.05, 0.1) is 4.92 Å². The summed E-state index contributed by atoms with van der Waals surface area (Å²) in [6.07, 6.45) is 1.31. The lowest BCUT2D eigenvalue weighted by Gasteiger charge is -2.08. The second kappa shape index (κ2) is 7.00. The zero-order chi connectivity index (χ0) is 13.5. The Morgan fingerprint density at radius 3 is 2.50 bits per heavy atom. The minimum absolute atomic E-state index is 0.0726. The summed E-state index contributed by atoms with van der Waals surface area (Å²) >= 11 is 1.40. The molecule has 0 radical (unpaired) electrons. The van der Waals surface area contributed by atoms with Crippen LogP contribution in [0.15, 0.2) is 24.3 Å². The second-order valence-electron chi connectivity index (χ2n) is 3.78. The Kier molecular flexibility index (Phi) is 5.64. The molecule has 1 atom stereocenters. The van der Waals surface area contributed by atoms with Gasteiger partial charge < -0.3 is 5.11 Å². The van der Waals surface area contributed by atoms with E-state index in [1.54, 1.807) is 12.1 Å². The van der Waals surface area contributed by atoms with Crippen molar-refractivity contribution in [1.29, 1.82) is 0 Å². The van der Waals surface area contributed by atoms with E-state index in [4.69, 9.17) is 5.11 Å². The summed E-state index contributed by atoms with van der Waals surface area (Å²) in [7, 11) is 0. The molecule has 0 aromatic heterocycles. The van der Waals surface area contributed by atoms with Gasteiger partial charge in [-0.25, -0.2) is 0 Å². The molecule has 0 heterocycles. The number of hydrogen-bond donors (Lipinski definition) is 1. The lowest BCUT2D eigenvalue weighted by Crippen LogP contribution is -2.15. The van der Waals surface area contributed by atoms with E-state index in [0.717, 1.165) is 5.56 Å². The SMILES string of the molecule is CCC(SCCc1ccc([N+](=O)[O-])cc1)C(=O)O. The number of aryl methyl sites for hydroxylation is 1. The van der Waals surface area contributed by atoms with Gasteiger partial charge in [-0.2, -0.15) is 0 Å². The van der Waals surface area contributed by atoms with E-state index in [-0.39, 0.29) is 10.9 Å². The highest BCUT2D eigenvalue weighted by molar-refractivity contribution is 8.00. The number of nitro benzene ring substituents is 1. The predicted octanol–water partition coefficient (Wildman–Crippen LogP) is 2.73. The Hall–Kier alpha value is -1.56. The molecule has 18 heavy (non-hydrogen) atoms. The van der Waals surface area contributed by atoms with E-state index >= 15 is 0 Å². The molecule has 1 N–H and O–H groups in total. The van der Waals surface area contributed by atoms with E-state index in [9.17, 15) is 14.9 Å². The predicted molar refractivity (Wildman–Crippen MR) is 71.0 cm³/mol. The van der Waals surface area contributed by atoms with Gasteiger partial charge >= 0.3 is 5.97 Å². The molecule has 0 aliphatic heterocycles. The maximum atomic E-state index is 10.8. The first-order valence-corrected chi connectivity index (χ1v) is 6.67. The molecule has 0 aliphatic carbocycles. The molecule has 0 saturated heterocycles. The fourth-order valence-corrected chi connectivity index (χ4v) is 2.48. The largest absolute Gasteiger partial charge is 0.480 e. The number of non-ortho nitro benzene ring substituents is 1. The van der Waals surface area contributed by atoms with Crippen LogP contribution in [-0.2, 0) is 11.2 Å². The lowest BCUT2D eigenvalue weighted by molar-refractivity contribution is -0.384. The Morgan fingerprint density at radius 1 is 1.44 bits per heavy atom. The van der Waals surface area contributed by atoms with E-state index in [0.29, 0.717) is 18.6 Å². The van der Waals surface area contributed by atoms with Crippen LogP contribution in [0.25, 0.3) is 0 Å². The summed E-state index contributed by atoms with van der Waals surface area (Å²) in [5.74, 6) is -0.0889. The number of thioether (sulfide) groups is 1. The number of aliphatic carboxylic acids is 1. The molecule has 0 fully saturated rings. The Labute approximate surface area is 109 Å². The smallest absolute Gasteiger partial charge is 0.316 e. The number of carbonyl (C=O) groups is 1. The highest BCUT2D eigenvalue weighted by Gasteiger charge is 2.14. The van der Waals surface area contributed by atoms with Crippen LogP contribution in [-0.4, -0.2) is 27.0 Å². The van der Waals surface area contributed by atoms with Crippen LogP contribution >= 0.6 is 11.8 Å². The quantitative estimate of drug-likeness (QED) is 0.608. The molecular weight excluding hydrogens is 254 g/mol. The second-order valence-corrected chi connectivity index (χ2v) is 5.09. The molecule has 6 heteroatoms. The van der Waals surface area contributed by atoms with Crippen molar-refractivity contribution in [3.63, 3.8) is 0 Å². The van der Waals surface area contributed by atoms with Crippen LogP contribution < -0.4 is 0 Å². The monoisotopic (exact) mass is 269 g/mol. The van der Waals surface area contributed by atoms with E-state index in [1.165, 1.54) is 23.9 Å². The van der Waals surface area contributed by atoms with Gasteiger partial charge in [0, 0.05) is 12.1 Å². The number of nitro groups is 1. The van der Waals surface area contributed by atoms with Crippen LogP contribution in [0.2, 0.25) is 0 Å². The fourth-order valence-electron chi connectivity index (χ4n) is 1.47. The topological polar surface area (TPSA) is 80.4 Å². The number of nitrogens with zero attached hydrogens (tertiary/aromatic N) is 1. The van der Waals surface area contributed by atoms with Gasteiger partial charge in [-0.3, -0.25) is 14.9 Å². The summed E-state index contributed by atoms with van der Waals surface area (Å²) in [6.45, 7) is 1.84. The van der Waals surface area contributed by atoms with Crippen molar-refractivity contribution in [3.05, 3.63) is 39.9 Å². The first kappa shape index (κ1) is 14.5. The van der Waals surface area contributed by atoms with E-state index in [2.05, 4.69) is 0 Å². The summed E-state index contributed by atoms with van der Waals surface area (Å²) in [5, 5.41) is 19.0. The summed E-state index contributed by atoms with van der Waals surface area (Å²) < 4.78 is 0. The molecular formula is C12H15NO4S. The van der Waals surface area contributed by atoms with Crippen molar-refractivity contribution in [2.75, 3.05) is 5.75 Å². The van der Waals surface area contributed by atoms with Gasteiger partial charge in [0.15, 0.2) is 0 Å². The normalized spacial score (nSPS) is 12.1. The standard InChI is InChI=1S/C12H15NO4S/c1-2-11(12(14)15)18-8-7-9-3-5-10(6-4-9)13(16)17/h3-6,11H,2,7-8H2,1H3,(H,14,15). The average Bonchev–Trinajstić information content (AvgIpc) is 2.34. The van der Waals surface area contributed by atoms with Crippen molar-refractivity contribution < 1.29 is 14.8 Å². The number of carboxylic acid groups (broad SMARTS) is 1. The maximum absolute atomic E-state index is 10.8. The minimum atomic E-state index is -0.786. The Balaban J connectivity index is 2.44. The van der Waals surface area contributed by atoms with Gasteiger partial charge in [-0.15, -0.1) is 11.8 Å². The molecule has 1 aromatic carbocycles. The van der Waals surface area contributed by atoms with Crippen molar-refractivity contribution >= 4 is 23.4 Å². The van der Waals surface area contributed by atoms with Crippen LogP contribution in [0.4, 0.5) is 5.69 Å². The number of hydrogen-bond acceptors (Lipinski definition) is 4. The molecule has 1 aromatic rings. The van der Waals surface area contributed by atoms with Gasteiger partial charge in [0.25, 0.3) is 5.69 Å². The molecule has 0 aliphatic rings. The van der Waals surface area contributed by atoms with Gasteiger partial charge in [0.1, 0.15) is 5.25 Å². The van der Waals surface area contributed by atoms with E-state index < -0.39 is 10.9 Å².